The van der Waals surface area contributed by atoms with Gasteiger partial charge in [0.15, 0.2) is 0 Å². The number of aliphatic hydroxyl groups is 1. The molecule has 0 spiro atoms. The van der Waals surface area contributed by atoms with Gasteiger partial charge in [0.25, 0.3) is 0 Å². The van der Waals surface area contributed by atoms with Crippen LogP contribution in [0, 0.1) is 11.6 Å². The molecule has 1 aromatic carbocycles. The van der Waals surface area contributed by atoms with E-state index >= 15 is 0 Å². The molecule has 1 atom stereocenters. The summed E-state index contributed by atoms with van der Waals surface area (Å²) >= 11 is 0. The predicted octanol–water partition coefficient (Wildman–Crippen LogP) is 2.45. The number of pyridine rings is 1. The van der Waals surface area contributed by atoms with Crippen LogP contribution in [-0.4, -0.2) is 28.1 Å². The van der Waals surface area contributed by atoms with Crippen molar-refractivity contribution >= 4 is 0 Å². The van der Waals surface area contributed by atoms with E-state index in [1.54, 1.807) is 0 Å². The Hall–Kier alpha value is -1.85. The molecule has 0 radical (unpaired) electrons. The molecule has 21 heavy (non-hydrogen) atoms. The van der Waals surface area contributed by atoms with Gasteiger partial charge in [0, 0.05) is 25.7 Å². The Bertz CT molecular complexity index is 635. The second-order valence-electron chi connectivity index (χ2n) is 5.44. The number of nitrogens with zero attached hydrogens (tertiary/aromatic N) is 2. The van der Waals surface area contributed by atoms with Gasteiger partial charge in [-0.1, -0.05) is 30.3 Å². The molecule has 1 aromatic heterocycles. The maximum Gasteiger partial charge on any atom is 0.148 e. The lowest BCUT2D eigenvalue weighted by molar-refractivity contribution is 0.0450. The second-order valence-corrected chi connectivity index (χ2v) is 5.44. The monoisotopic (exact) mass is 290 g/mol. The largest absolute Gasteiger partial charge is 0.384 e. The third-order valence-electron chi connectivity index (χ3n) is 3.90. The lowest BCUT2D eigenvalue weighted by atomic mass is 9.93. The lowest BCUT2D eigenvalue weighted by Gasteiger charge is -2.24. The summed E-state index contributed by atoms with van der Waals surface area (Å²) in [5.41, 5.74) is 0.145. The zero-order valence-electron chi connectivity index (χ0n) is 11.5. The van der Waals surface area contributed by atoms with Crippen molar-refractivity contribution < 1.29 is 13.9 Å². The molecule has 2 heterocycles. The van der Waals surface area contributed by atoms with Crippen LogP contribution >= 0.6 is 0 Å². The van der Waals surface area contributed by atoms with Crippen molar-refractivity contribution in [2.24, 2.45) is 0 Å². The van der Waals surface area contributed by atoms with Gasteiger partial charge in [0.2, 0.25) is 0 Å². The number of benzene rings is 1. The minimum absolute atomic E-state index is 0.203. The zero-order valence-corrected chi connectivity index (χ0v) is 11.5. The Kier molecular flexibility index (Phi) is 3.69. The standard InChI is InChI=1S/C16H16F2N2O/c17-13-8-14(18)15(19-9-13)10-20-7-6-16(21,11-20)12-4-2-1-3-5-12/h1-5,8-9,21H,6-7,10-11H2/t16-/m1/s1. The third-order valence-corrected chi connectivity index (χ3v) is 3.90. The minimum Gasteiger partial charge on any atom is -0.384 e. The summed E-state index contributed by atoms with van der Waals surface area (Å²) in [5.74, 6) is -1.33. The van der Waals surface area contributed by atoms with Crippen LogP contribution < -0.4 is 0 Å². The van der Waals surface area contributed by atoms with Crippen molar-refractivity contribution in [3.8, 4) is 0 Å². The summed E-state index contributed by atoms with van der Waals surface area (Å²) in [5, 5.41) is 10.7. The maximum absolute atomic E-state index is 13.6. The molecule has 1 aliphatic heterocycles. The lowest BCUT2D eigenvalue weighted by Crippen LogP contribution is -2.30. The SMILES string of the molecule is O[C@]1(c2ccccc2)CCN(Cc2ncc(F)cc2F)C1. The van der Waals surface area contributed by atoms with Gasteiger partial charge in [-0.05, 0) is 12.0 Å². The molecule has 0 amide bonds. The van der Waals surface area contributed by atoms with Crippen molar-refractivity contribution in [2.75, 3.05) is 13.1 Å². The average molecular weight is 290 g/mol. The van der Waals surface area contributed by atoms with Gasteiger partial charge >= 0.3 is 0 Å². The second kappa shape index (κ2) is 5.50. The molecule has 0 aliphatic carbocycles. The van der Waals surface area contributed by atoms with Crippen LogP contribution in [0.1, 0.15) is 17.7 Å². The van der Waals surface area contributed by atoms with Crippen LogP contribution in [-0.2, 0) is 12.1 Å². The molecule has 1 saturated heterocycles. The molecule has 0 unspecified atom stereocenters. The van der Waals surface area contributed by atoms with Crippen LogP contribution in [0.15, 0.2) is 42.6 Å². The molecule has 2 aromatic rings. The molecule has 3 rings (SSSR count). The van der Waals surface area contributed by atoms with Crippen molar-refractivity contribution in [1.82, 2.24) is 9.88 Å². The normalized spacial score (nSPS) is 22.6. The van der Waals surface area contributed by atoms with Crippen LogP contribution in [0.25, 0.3) is 0 Å². The van der Waals surface area contributed by atoms with Gasteiger partial charge in [0.1, 0.15) is 17.2 Å². The van der Waals surface area contributed by atoms with Gasteiger partial charge in [-0.25, -0.2) is 8.78 Å². The van der Waals surface area contributed by atoms with E-state index in [1.165, 1.54) is 0 Å². The highest BCUT2D eigenvalue weighted by Gasteiger charge is 2.37. The molecule has 5 heteroatoms. The number of likely N-dealkylation sites (tertiary alicyclic amines) is 1. The highest BCUT2D eigenvalue weighted by atomic mass is 19.1. The minimum atomic E-state index is -0.919. The summed E-state index contributed by atoms with van der Waals surface area (Å²) in [6.07, 6.45) is 1.59. The van der Waals surface area contributed by atoms with Crippen molar-refractivity contribution in [2.45, 2.75) is 18.6 Å². The molecule has 1 aliphatic rings. The van der Waals surface area contributed by atoms with E-state index < -0.39 is 17.2 Å². The summed E-state index contributed by atoms with van der Waals surface area (Å²) in [4.78, 5) is 5.72. The van der Waals surface area contributed by atoms with Crippen molar-refractivity contribution in [1.29, 1.82) is 0 Å². The van der Waals surface area contributed by atoms with Gasteiger partial charge in [-0.2, -0.15) is 0 Å². The molecule has 3 nitrogen and oxygen atoms in total. The predicted molar refractivity (Wildman–Crippen MR) is 74.4 cm³/mol. The van der Waals surface area contributed by atoms with Gasteiger partial charge in [-0.15, -0.1) is 0 Å². The molecule has 1 N–H and O–H groups in total. The fourth-order valence-corrected chi connectivity index (χ4v) is 2.76. The fraction of sp³-hybridized carbons (Fsp3) is 0.312. The van der Waals surface area contributed by atoms with E-state index in [2.05, 4.69) is 4.98 Å². The summed E-state index contributed by atoms with van der Waals surface area (Å²) in [6, 6.07) is 10.3. The first-order valence-corrected chi connectivity index (χ1v) is 6.87. The van der Waals surface area contributed by atoms with Crippen LogP contribution in [0.3, 0.4) is 0 Å². The number of halogens is 2. The van der Waals surface area contributed by atoms with E-state index in [4.69, 9.17) is 0 Å². The van der Waals surface area contributed by atoms with Crippen LogP contribution in [0.2, 0.25) is 0 Å². The fourth-order valence-electron chi connectivity index (χ4n) is 2.76. The molecule has 1 fully saturated rings. The summed E-state index contributed by atoms with van der Waals surface area (Å²) in [7, 11) is 0. The molecule has 0 saturated carbocycles. The Morgan fingerprint density at radius 1 is 1.24 bits per heavy atom. The van der Waals surface area contributed by atoms with Crippen molar-refractivity contribution in [3.63, 3.8) is 0 Å². The molecular weight excluding hydrogens is 274 g/mol. The Morgan fingerprint density at radius 2 is 2.00 bits per heavy atom. The highest BCUT2D eigenvalue weighted by Crippen LogP contribution is 2.32. The van der Waals surface area contributed by atoms with E-state index in [9.17, 15) is 13.9 Å². The number of hydrogen-bond donors (Lipinski definition) is 1. The van der Waals surface area contributed by atoms with Gasteiger partial charge < -0.3 is 5.11 Å². The third kappa shape index (κ3) is 2.94. The van der Waals surface area contributed by atoms with Crippen LogP contribution in [0.5, 0.6) is 0 Å². The number of rotatable bonds is 3. The number of aromatic nitrogens is 1. The van der Waals surface area contributed by atoms with E-state index in [0.29, 0.717) is 19.5 Å². The summed E-state index contributed by atoms with van der Waals surface area (Å²) < 4.78 is 26.5. The number of hydrogen-bond acceptors (Lipinski definition) is 3. The number of β-amino-alcohol motifs (C(OH)–C–C–N with tert-alkyl or cyclic N) is 1. The first kappa shape index (κ1) is 14.1. The molecule has 0 bridgehead atoms. The Balaban J connectivity index is 1.73. The topological polar surface area (TPSA) is 36.4 Å². The van der Waals surface area contributed by atoms with Crippen LogP contribution in [0.4, 0.5) is 8.78 Å². The van der Waals surface area contributed by atoms with Gasteiger partial charge in [0.05, 0.1) is 11.9 Å². The Labute approximate surface area is 121 Å². The molecule has 110 valence electrons. The van der Waals surface area contributed by atoms with E-state index in [0.717, 1.165) is 17.8 Å². The highest BCUT2D eigenvalue weighted by molar-refractivity contribution is 5.24. The summed E-state index contributed by atoms with van der Waals surface area (Å²) in [6.45, 7) is 1.32. The smallest absolute Gasteiger partial charge is 0.148 e. The van der Waals surface area contributed by atoms with E-state index in [1.807, 2.05) is 35.2 Å². The first-order valence-electron chi connectivity index (χ1n) is 6.87. The van der Waals surface area contributed by atoms with E-state index in [-0.39, 0.29) is 12.2 Å². The van der Waals surface area contributed by atoms with Gasteiger partial charge in [-0.3, -0.25) is 9.88 Å². The maximum atomic E-state index is 13.6. The molecular formula is C16H16F2N2O. The quantitative estimate of drug-likeness (QED) is 0.943. The zero-order chi connectivity index (χ0) is 14.9. The Morgan fingerprint density at radius 3 is 2.71 bits per heavy atom. The average Bonchev–Trinajstić information content (AvgIpc) is 2.86. The van der Waals surface area contributed by atoms with Crippen molar-refractivity contribution in [3.05, 3.63) is 65.5 Å². The first-order chi connectivity index (χ1) is 10.1.